The number of anilines is 1. The van der Waals surface area contributed by atoms with Crippen LogP contribution in [0.15, 0.2) is 24.3 Å². The molecule has 108 valence electrons. The van der Waals surface area contributed by atoms with Crippen molar-refractivity contribution in [3.8, 4) is 0 Å². The summed E-state index contributed by atoms with van der Waals surface area (Å²) >= 11 is 0. The minimum atomic E-state index is -0.300. The Kier molecular flexibility index (Phi) is 4.87. The third kappa shape index (κ3) is 3.23. The number of para-hydroxylation sites is 1. The van der Waals surface area contributed by atoms with Crippen molar-refractivity contribution in [2.45, 2.75) is 26.1 Å². The van der Waals surface area contributed by atoms with E-state index in [-0.39, 0.29) is 12.2 Å². The van der Waals surface area contributed by atoms with Crippen LogP contribution in [0.1, 0.15) is 25.6 Å². The lowest BCUT2D eigenvalue weighted by molar-refractivity contribution is -0.0914. The van der Waals surface area contributed by atoms with Crippen LogP contribution in [0.25, 0.3) is 10.9 Å². The van der Waals surface area contributed by atoms with E-state index in [1.807, 2.05) is 24.3 Å². The molecule has 2 rings (SSSR count). The zero-order chi connectivity index (χ0) is 14.5. The molecular weight excluding hydrogens is 254 g/mol. The number of methoxy groups -OCH3 is 2. The van der Waals surface area contributed by atoms with Crippen molar-refractivity contribution >= 4 is 16.7 Å². The summed E-state index contributed by atoms with van der Waals surface area (Å²) < 4.78 is 10.4. The van der Waals surface area contributed by atoms with Gasteiger partial charge in [0.05, 0.1) is 12.1 Å². The van der Waals surface area contributed by atoms with Gasteiger partial charge in [-0.15, -0.1) is 0 Å². The highest BCUT2D eigenvalue weighted by Gasteiger charge is 2.11. The number of ether oxygens (including phenoxy) is 2. The van der Waals surface area contributed by atoms with E-state index >= 15 is 0 Å². The molecule has 0 fully saturated rings. The summed E-state index contributed by atoms with van der Waals surface area (Å²) in [5.74, 6) is 1.93. The maximum absolute atomic E-state index is 5.18. The van der Waals surface area contributed by atoms with Gasteiger partial charge in [0.15, 0.2) is 6.29 Å². The van der Waals surface area contributed by atoms with E-state index in [0.717, 1.165) is 22.5 Å². The van der Waals surface area contributed by atoms with Gasteiger partial charge >= 0.3 is 0 Å². The SMILES string of the molecule is COC(CNc1nc(C(C)C)nc2ccccc12)OC. The van der Waals surface area contributed by atoms with Gasteiger partial charge in [-0.05, 0) is 12.1 Å². The number of fused-ring (bicyclic) bond motifs is 1. The highest BCUT2D eigenvalue weighted by Crippen LogP contribution is 2.22. The molecular formula is C15H21N3O2. The normalized spacial score (nSPS) is 11.5. The van der Waals surface area contributed by atoms with Gasteiger partial charge in [-0.1, -0.05) is 26.0 Å². The van der Waals surface area contributed by atoms with Crippen molar-refractivity contribution in [2.24, 2.45) is 0 Å². The molecule has 5 heteroatoms. The highest BCUT2D eigenvalue weighted by molar-refractivity contribution is 5.89. The molecule has 0 saturated carbocycles. The molecule has 0 aliphatic rings. The molecule has 1 aromatic heterocycles. The number of rotatable bonds is 6. The van der Waals surface area contributed by atoms with Crippen molar-refractivity contribution in [1.82, 2.24) is 9.97 Å². The van der Waals surface area contributed by atoms with Crippen LogP contribution in [0.3, 0.4) is 0 Å². The molecule has 5 nitrogen and oxygen atoms in total. The van der Waals surface area contributed by atoms with E-state index in [2.05, 4.69) is 29.1 Å². The molecule has 0 radical (unpaired) electrons. The Hall–Kier alpha value is -1.72. The fraction of sp³-hybridized carbons (Fsp3) is 0.467. The first-order valence-corrected chi connectivity index (χ1v) is 6.71. The average molecular weight is 275 g/mol. The predicted molar refractivity (Wildman–Crippen MR) is 79.9 cm³/mol. The minimum Gasteiger partial charge on any atom is -0.364 e. The Bertz CT molecular complexity index is 568. The van der Waals surface area contributed by atoms with Crippen LogP contribution in [0.2, 0.25) is 0 Å². The first kappa shape index (κ1) is 14.7. The Balaban J connectivity index is 2.34. The third-order valence-electron chi connectivity index (χ3n) is 3.10. The molecule has 2 aromatic rings. The largest absolute Gasteiger partial charge is 0.364 e. The topological polar surface area (TPSA) is 56.3 Å². The lowest BCUT2D eigenvalue weighted by Crippen LogP contribution is -2.24. The van der Waals surface area contributed by atoms with Crippen LogP contribution in [-0.4, -0.2) is 37.0 Å². The Labute approximate surface area is 119 Å². The summed E-state index contributed by atoms with van der Waals surface area (Å²) in [5.41, 5.74) is 0.945. The summed E-state index contributed by atoms with van der Waals surface area (Å²) in [5, 5.41) is 4.29. The summed E-state index contributed by atoms with van der Waals surface area (Å²) in [7, 11) is 3.24. The van der Waals surface area contributed by atoms with Crippen LogP contribution in [0, 0.1) is 0 Å². The van der Waals surface area contributed by atoms with E-state index < -0.39 is 0 Å². The molecule has 20 heavy (non-hydrogen) atoms. The van der Waals surface area contributed by atoms with Crippen molar-refractivity contribution < 1.29 is 9.47 Å². The number of nitrogens with zero attached hydrogens (tertiary/aromatic N) is 2. The van der Waals surface area contributed by atoms with Crippen LogP contribution >= 0.6 is 0 Å². The lowest BCUT2D eigenvalue weighted by atomic mass is 10.1. The number of hydrogen-bond donors (Lipinski definition) is 1. The van der Waals surface area contributed by atoms with Gasteiger partial charge in [0, 0.05) is 25.5 Å². The molecule has 0 spiro atoms. The first-order valence-electron chi connectivity index (χ1n) is 6.71. The van der Waals surface area contributed by atoms with Gasteiger partial charge in [0.25, 0.3) is 0 Å². The maximum atomic E-state index is 5.18. The van der Waals surface area contributed by atoms with Gasteiger partial charge < -0.3 is 14.8 Å². The van der Waals surface area contributed by atoms with Crippen molar-refractivity contribution in [3.05, 3.63) is 30.1 Å². The number of nitrogens with one attached hydrogen (secondary N) is 1. The molecule has 0 aliphatic carbocycles. The van der Waals surface area contributed by atoms with Crippen LogP contribution in [0.5, 0.6) is 0 Å². The quantitative estimate of drug-likeness (QED) is 0.821. The molecule has 0 bridgehead atoms. The fourth-order valence-electron chi connectivity index (χ4n) is 1.93. The summed E-state index contributed by atoms with van der Waals surface area (Å²) in [6.45, 7) is 4.70. The van der Waals surface area contributed by atoms with Crippen LogP contribution in [-0.2, 0) is 9.47 Å². The molecule has 1 N–H and O–H groups in total. The Morgan fingerprint density at radius 3 is 2.45 bits per heavy atom. The summed E-state index contributed by atoms with van der Waals surface area (Å²) in [4.78, 5) is 9.20. The van der Waals surface area contributed by atoms with Crippen LogP contribution < -0.4 is 5.32 Å². The van der Waals surface area contributed by atoms with Gasteiger partial charge in [-0.3, -0.25) is 0 Å². The third-order valence-corrected chi connectivity index (χ3v) is 3.10. The van der Waals surface area contributed by atoms with Crippen LogP contribution in [0.4, 0.5) is 5.82 Å². The molecule has 0 unspecified atom stereocenters. The zero-order valence-electron chi connectivity index (χ0n) is 12.4. The molecule has 1 heterocycles. The van der Waals surface area contributed by atoms with E-state index in [0.29, 0.717) is 6.54 Å². The molecule has 0 aliphatic heterocycles. The second kappa shape index (κ2) is 6.63. The van der Waals surface area contributed by atoms with Crippen molar-refractivity contribution in [3.63, 3.8) is 0 Å². The maximum Gasteiger partial charge on any atom is 0.173 e. The van der Waals surface area contributed by atoms with E-state index in [4.69, 9.17) is 9.47 Å². The molecule has 1 aromatic carbocycles. The highest BCUT2D eigenvalue weighted by atomic mass is 16.7. The van der Waals surface area contributed by atoms with Crippen molar-refractivity contribution in [1.29, 1.82) is 0 Å². The summed E-state index contributed by atoms with van der Waals surface area (Å²) in [6, 6.07) is 7.97. The lowest BCUT2D eigenvalue weighted by Gasteiger charge is -2.16. The average Bonchev–Trinajstić information content (AvgIpc) is 2.47. The van der Waals surface area contributed by atoms with E-state index in [1.54, 1.807) is 14.2 Å². The second-order valence-corrected chi connectivity index (χ2v) is 4.88. The Morgan fingerprint density at radius 1 is 1.10 bits per heavy atom. The van der Waals surface area contributed by atoms with Gasteiger partial charge in [-0.25, -0.2) is 9.97 Å². The standard InChI is InChI=1S/C15H21N3O2/c1-10(2)14-17-12-8-6-5-7-11(12)15(18-14)16-9-13(19-3)20-4/h5-8,10,13H,9H2,1-4H3,(H,16,17,18). The molecule has 0 saturated heterocycles. The monoisotopic (exact) mass is 275 g/mol. The smallest absolute Gasteiger partial charge is 0.173 e. The fourth-order valence-corrected chi connectivity index (χ4v) is 1.93. The van der Waals surface area contributed by atoms with E-state index in [1.165, 1.54) is 0 Å². The second-order valence-electron chi connectivity index (χ2n) is 4.88. The van der Waals surface area contributed by atoms with Gasteiger partial charge in [-0.2, -0.15) is 0 Å². The van der Waals surface area contributed by atoms with Gasteiger partial charge in [0.1, 0.15) is 11.6 Å². The first-order chi connectivity index (χ1) is 9.65. The number of benzene rings is 1. The van der Waals surface area contributed by atoms with Crippen molar-refractivity contribution in [2.75, 3.05) is 26.1 Å². The van der Waals surface area contributed by atoms with Gasteiger partial charge in [0.2, 0.25) is 0 Å². The number of aromatic nitrogens is 2. The molecule has 0 amide bonds. The predicted octanol–water partition coefficient (Wildman–Crippen LogP) is 2.78. The molecule has 0 atom stereocenters. The Morgan fingerprint density at radius 2 is 1.80 bits per heavy atom. The van der Waals surface area contributed by atoms with E-state index in [9.17, 15) is 0 Å². The minimum absolute atomic E-state index is 0.279. The zero-order valence-corrected chi connectivity index (χ0v) is 12.4. The summed E-state index contributed by atoms with van der Waals surface area (Å²) in [6.07, 6.45) is -0.300. The number of hydrogen-bond acceptors (Lipinski definition) is 5.